The number of aliphatic hydroxyl groups excluding tert-OH is 1. The van der Waals surface area contributed by atoms with Crippen molar-refractivity contribution in [3.63, 3.8) is 0 Å². The van der Waals surface area contributed by atoms with E-state index in [0.29, 0.717) is 18.2 Å². The molecule has 19 heavy (non-hydrogen) atoms. The largest absolute Gasteiger partial charge is 0.386 e. The fourth-order valence-electron chi connectivity index (χ4n) is 2.96. The Morgan fingerprint density at radius 3 is 2.79 bits per heavy atom. The number of nitrogens with zero attached hydrogens (tertiary/aromatic N) is 2. The average molecular weight is 287 g/mol. The summed E-state index contributed by atoms with van der Waals surface area (Å²) in [5.74, 6) is 0. The van der Waals surface area contributed by atoms with E-state index < -0.39 is 6.10 Å². The number of methoxy groups -OCH3 is 1. The molecule has 1 aromatic heterocycles. The van der Waals surface area contributed by atoms with Gasteiger partial charge in [0.05, 0.1) is 30.1 Å². The summed E-state index contributed by atoms with van der Waals surface area (Å²) in [6.45, 7) is 3.33. The number of halogens is 1. The molecule has 1 aromatic rings. The first-order valence-corrected chi connectivity index (χ1v) is 7.34. The number of aromatic nitrogens is 2. The van der Waals surface area contributed by atoms with Crippen molar-refractivity contribution < 1.29 is 9.84 Å². The third kappa shape index (κ3) is 3.12. The molecule has 0 radical (unpaired) electrons. The van der Waals surface area contributed by atoms with Crippen molar-refractivity contribution in [1.82, 2.24) is 9.78 Å². The maximum absolute atomic E-state index is 10.8. The first kappa shape index (κ1) is 14.8. The highest BCUT2D eigenvalue weighted by molar-refractivity contribution is 6.31. The van der Waals surface area contributed by atoms with E-state index in [9.17, 15) is 5.11 Å². The van der Waals surface area contributed by atoms with Crippen LogP contribution in [0.3, 0.4) is 0 Å². The van der Waals surface area contributed by atoms with Gasteiger partial charge in [-0.2, -0.15) is 5.10 Å². The van der Waals surface area contributed by atoms with Gasteiger partial charge in [-0.05, 0) is 18.3 Å². The van der Waals surface area contributed by atoms with Gasteiger partial charge in [0.25, 0.3) is 0 Å². The number of ether oxygens (including phenoxy) is 1. The van der Waals surface area contributed by atoms with Gasteiger partial charge >= 0.3 is 0 Å². The normalized spacial score (nSPS) is 20.4. The average Bonchev–Trinajstić information content (AvgIpc) is 2.77. The quantitative estimate of drug-likeness (QED) is 0.904. The molecule has 0 aliphatic heterocycles. The minimum atomic E-state index is -0.556. The lowest BCUT2D eigenvalue weighted by Crippen LogP contribution is -2.30. The fraction of sp³-hybridized carbons (Fsp3) is 0.786. The highest BCUT2D eigenvalue weighted by atomic mass is 35.5. The van der Waals surface area contributed by atoms with Gasteiger partial charge in [-0.25, -0.2) is 0 Å². The summed E-state index contributed by atoms with van der Waals surface area (Å²) >= 11 is 6.22. The summed E-state index contributed by atoms with van der Waals surface area (Å²) in [4.78, 5) is 0. The standard InChI is InChI=1S/C14H23ClN2O2/c1-14(6-4-3-5-7-14)13(18)12-11(15)10-16-17(12)8-9-19-2/h10,13,18H,3-9H2,1-2H3. The molecule has 0 amide bonds. The number of aliphatic hydroxyl groups is 1. The van der Waals surface area contributed by atoms with Crippen molar-refractivity contribution >= 4 is 11.6 Å². The Labute approximate surface area is 119 Å². The number of hydrogen-bond acceptors (Lipinski definition) is 3. The predicted molar refractivity (Wildman–Crippen MR) is 75.3 cm³/mol. The molecule has 4 nitrogen and oxygen atoms in total. The van der Waals surface area contributed by atoms with E-state index in [1.807, 2.05) is 0 Å². The molecule has 1 heterocycles. The van der Waals surface area contributed by atoms with Crippen LogP contribution in [0.1, 0.15) is 50.8 Å². The van der Waals surface area contributed by atoms with Crippen molar-refractivity contribution in [2.75, 3.05) is 13.7 Å². The first-order valence-electron chi connectivity index (χ1n) is 6.97. The van der Waals surface area contributed by atoms with Crippen LogP contribution in [0.5, 0.6) is 0 Å². The van der Waals surface area contributed by atoms with Crippen molar-refractivity contribution in [1.29, 1.82) is 0 Å². The van der Waals surface area contributed by atoms with Gasteiger partial charge in [-0.3, -0.25) is 4.68 Å². The second-order valence-corrected chi connectivity index (χ2v) is 6.12. The van der Waals surface area contributed by atoms with Crippen LogP contribution >= 0.6 is 11.6 Å². The van der Waals surface area contributed by atoms with Crippen LogP contribution in [0.25, 0.3) is 0 Å². The molecule has 1 N–H and O–H groups in total. The van der Waals surface area contributed by atoms with Gasteiger partial charge in [0, 0.05) is 7.11 Å². The van der Waals surface area contributed by atoms with Crippen LogP contribution in [0.15, 0.2) is 6.20 Å². The maximum Gasteiger partial charge on any atom is 0.102 e. The van der Waals surface area contributed by atoms with Gasteiger partial charge in [0.1, 0.15) is 6.10 Å². The van der Waals surface area contributed by atoms with Crippen LogP contribution in [0, 0.1) is 5.41 Å². The number of rotatable bonds is 5. The van der Waals surface area contributed by atoms with Crippen molar-refractivity contribution in [2.24, 2.45) is 5.41 Å². The second kappa shape index (κ2) is 6.25. The fourth-order valence-corrected chi connectivity index (χ4v) is 3.21. The second-order valence-electron chi connectivity index (χ2n) is 5.71. The molecule has 108 valence electrons. The SMILES string of the molecule is COCCn1ncc(Cl)c1C(O)C1(C)CCCCC1. The van der Waals surface area contributed by atoms with Crippen LogP contribution in [0.2, 0.25) is 5.02 Å². The highest BCUT2D eigenvalue weighted by Crippen LogP contribution is 2.46. The smallest absolute Gasteiger partial charge is 0.102 e. The molecule has 1 saturated carbocycles. The number of hydrogen-bond donors (Lipinski definition) is 1. The minimum Gasteiger partial charge on any atom is -0.386 e. The summed E-state index contributed by atoms with van der Waals surface area (Å²) in [5, 5.41) is 15.6. The maximum atomic E-state index is 10.8. The summed E-state index contributed by atoms with van der Waals surface area (Å²) in [6.07, 6.45) is 6.76. The van der Waals surface area contributed by atoms with Crippen LogP contribution in [-0.4, -0.2) is 28.6 Å². The molecule has 0 bridgehead atoms. The van der Waals surface area contributed by atoms with E-state index in [4.69, 9.17) is 16.3 Å². The molecule has 0 spiro atoms. The summed E-state index contributed by atoms with van der Waals surface area (Å²) in [6, 6.07) is 0. The molecule has 1 aliphatic rings. The molecule has 1 fully saturated rings. The Balaban J connectivity index is 2.21. The van der Waals surface area contributed by atoms with E-state index in [0.717, 1.165) is 18.5 Å². The van der Waals surface area contributed by atoms with Gasteiger partial charge < -0.3 is 9.84 Å². The van der Waals surface area contributed by atoms with E-state index in [-0.39, 0.29) is 5.41 Å². The Hall–Kier alpha value is -0.580. The molecule has 0 aromatic carbocycles. The lowest BCUT2D eigenvalue weighted by molar-refractivity contribution is 0.00147. The summed E-state index contributed by atoms with van der Waals surface area (Å²) in [7, 11) is 1.66. The van der Waals surface area contributed by atoms with Gasteiger partial charge in [-0.15, -0.1) is 0 Å². The van der Waals surface area contributed by atoms with Crippen molar-refractivity contribution in [2.45, 2.75) is 51.7 Å². The lowest BCUT2D eigenvalue weighted by atomic mass is 9.71. The van der Waals surface area contributed by atoms with E-state index in [1.165, 1.54) is 19.3 Å². The monoisotopic (exact) mass is 286 g/mol. The Morgan fingerprint density at radius 1 is 1.47 bits per heavy atom. The molecule has 2 rings (SSSR count). The molecule has 0 saturated heterocycles. The minimum absolute atomic E-state index is 0.0905. The van der Waals surface area contributed by atoms with Gasteiger partial charge in [0.15, 0.2) is 0 Å². The van der Waals surface area contributed by atoms with Crippen LogP contribution in [0.4, 0.5) is 0 Å². The topological polar surface area (TPSA) is 47.3 Å². The zero-order valence-electron chi connectivity index (χ0n) is 11.7. The lowest BCUT2D eigenvalue weighted by Gasteiger charge is -2.38. The Bertz CT molecular complexity index is 414. The molecule has 1 aliphatic carbocycles. The Kier molecular flexibility index (Phi) is 4.87. The molecule has 5 heteroatoms. The van der Waals surface area contributed by atoms with Crippen molar-refractivity contribution in [3.05, 3.63) is 16.9 Å². The summed E-state index contributed by atoms with van der Waals surface area (Å²) in [5.41, 5.74) is 0.648. The van der Waals surface area contributed by atoms with Crippen LogP contribution < -0.4 is 0 Å². The molecular formula is C14H23ClN2O2. The van der Waals surface area contributed by atoms with Gasteiger partial charge in [0.2, 0.25) is 0 Å². The van der Waals surface area contributed by atoms with E-state index in [1.54, 1.807) is 18.0 Å². The molecule has 1 unspecified atom stereocenters. The third-order valence-electron chi connectivity index (χ3n) is 4.26. The van der Waals surface area contributed by atoms with Gasteiger partial charge in [-0.1, -0.05) is 37.8 Å². The van der Waals surface area contributed by atoms with Crippen molar-refractivity contribution in [3.8, 4) is 0 Å². The molecule has 1 atom stereocenters. The van der Waals surface area contributed by atoms with E-state index >= 15 is 0 Å². The predicted octanol–water partition coefficient (Wildman–Crippen LogP) is 3.19. The zero-order valence-corrected chi connectivity index (χ0v) is 12.5. The highest BCUT2D eigenvalue weighted by Gasteiger charge is 2.38. The molecular weight excluding hydrogens is 264 g/mol. The van der Waals surface area contributed by atoms with Crippen LogP contribution in [-0.2, 0) is 11.3 Å². The summed E-state index contributed by atoms with van der Waals surface area (Å²) < 4.78 is 6.85. The first-order chi connectivity index (χ1) is 9.08. The van der Waals surface area contributed by atoms with E-state index in [2.05, 4.69) is 12.0 Å². The third-order valence-corrected chi connectivity index (χ3v) is 4.55. The zero-order chi connectivity index (χ0) is 13.9. The Morgan fingerprint density at radius 2 is 2.16 bits per heavy atom.